The number of aromatic nitrogens is 1. The number of allylic oxidation sites excluding steroid dienone is 1. The van der Waals surface area contributed by atoms with Crippen molar-refractivity contribution in [2.75, 3.05) is 0 Å². The van der Waals surface area contributed by atoms with E-state index in [4.69, 9.17) is 10.00 Å². The van der Waals surface area contributed by atoms with Gasteiger partial charge in [-0.3, -0.25) is 9.78 Å². The maximum absolute atomic E-state index is 12.3. The second-order valence-corrected chi connectivity index (χ2v) is 6.48. The molecule has 0 fully saturated rings. The number of pyridine rings is 1. The van der Waals surface area contributed by atoms with Gasteiger partial charge in [0.05, 0.1) is 17.3 Å². The van der Waals surface area contributed by atoms with Crippen LogP contribution in [0.5, 0.6) is 5.75 Å². The monoisotopic (exact) mass is 368 g/mol. The lowest BCUT2D eigenvalue weighted by Gasteiger charge is -2.13. The topological polar surface area (TPSA) is 63.0 Å². The summed E-state index contributed by atoms with van der Waals surface area (Å²) < 4.78 is 5.95. The van der Waals surface area contributed by atoms with Crippen molar-refractivity contribution < 1.29 is 9.53 Å². The van der Waals surface area contributed by atoms with Crippen LogP contribution in [-0.4, -0.2) is 10.8 Å². The summed E-state index contributed by atoms with van der Waals surface area (Å²) in [5, 5.41) is 8.83. The minimum Gasteiger partial charge on any atom is -0.487 e. The summed E-state index contributed by atoms with van der Waals surface area (Å²) in [6.45, 7) is 4.38. The molecular formula is C24H20N2O2. The fourth-order valence-electron chi connectivity index (χ4n) is 2.91. The Morgan fingerprint density at radius 2 is 1.82 bits per heavy atom. The predicted molar refractivity (Wildman–Crippen MR) is 109 cm³/mol. The van der Waals surface area contributed by atoms with E-state index in [0.29, 0.717) is 17.7 Å². The number of aryl methyl sites for hydroxylation is 2. The lowest BCUT2D eigenvalue weighted by Crippen LogP contribution is -2.01. The first-order valence-electron chi connectivity index (χ1n) is 8.93. The number of nitrogens with zero attached hydrogens (tertiary/aromatic N) is 2. The molecule has 0 atom stereocenters. The standard InChI is InChI=1S/C24H20N2O2/c1-17-13-20(8-11-23(27)21-9-6-19(15-25)7-10-21)14-18(2)24(17)28-16-22-5-3-4-12-26-22/h3-14H,16H2,1-2H3/b11-8+. The molecule has 4 heteroatoms. The summed E-state index contributed by atoms with van der Waals surface area (Å²) in [6.07, 6.45) is 5.09. The van der Waals surface area contributed by atoms with Crippen molar-refractivity contribution in [2.45, 2.75) is 20.5 Å². The number of carbonyl (C=O) groups is 1. The first-order chi connectivity index (χ1) is 13.6. The largest absolute Gasteiger partial charge is 0.487 e. The van der Waals surface area contributed by atoms with E-state index in [9.17, 15) is 4.79 Å². The van der Waals surface area contributed by atoms with Crippen molar-refractivity contribution in [3.05, 3.63) is 100 Å². The molecule has 0 saturated heterocycles. The van der Waals surface area contributed by atoms with E-state index >= 15 is 0 Å². The summed E-state index contributed by atoms with van der Waals surface area (Å²) in [4.78, 5) is 16.6. The molecule has 0 bridgehead atoms. The van der Waals surface area contributed by atoms with Gasteiger partial charge in [0.2, 0.25) is 0 Å². The van der Waals surface area contributed by atoms with Crippen LogP contribution in [0.3, 0.4) is 0 Å². The summed E-state index contributed by atoms with van der Waals surface area (Å²) in [7, 11) is 0. The molecule has 3 rings (SSSR count). The van der Waals surface area contributed by atoms with Crippen molar-refractivity contribution >= 4 is 11.9 Å². The minimum atomic E-state index is -0.102. The van der Waals surface area contributed by atoms with Gasteiger partial charge in [0.25, 0.3) is 0 Å². The van der Waals surface area contributed by atoms with Crippen molar-refractivity contribution in [2.24, 2.45) is 0 Å². The highest BCUT2D eigenvalue weighted by Gasteiger charge is 2.07. The number of nitriles is 1. The molecule has 28 heavy (non-hydrogen) atoms. The van der Waals surface area contributed by atoms with Crippen LogP contribution >= 0.6 is 0 Å². The smallest absolute Gasteiger partial charge is 0.185 e. The molecule has 4 nitrogen and oxygen atoms in total. The SMILES string of the molecule is Cc1cc(/C=C/C(=O)c2ccc(C#N)cc2)cc(C)c1OCc1ccccn1. The zero-order valence-corrected chi connectivity index (χ0v) is 15.8. The summed E-state index contributed by atoms with van der Waals surface area (Å²) in [5.74, 6) is 0.733. The van der Waals surface area contributed by atoms with Gasteiger partial charge in [0.1, 0.15) is 12.4 Å². The summed E-state index contributed by atoms with van der Waals surface area (Å²) >= 11 is 0. The highest BCUT2D eigenvalue weighted by atomic mass is 16.5. The first-order valence-corrected chi connectivity index (χ1v) is 8.93. The second kappa shape index (κ2) is 8.79. The Kier molecular flexibility index (Phi) is 5.98. The molecule has 0 unspecified atom stereocenters. The molecule has 0 radical (unpaired) electrons. The van der Waals surface area contributed by atoms with Gasteiger partial charge in [-0.05, 0) is 85.1 Å². The third-order valence-electron chi connectivity index (χ3n) is 4.30. The van der Waals surface area contributed by atoms with Gasteiger partial charge < -0.3 is 4.74 Å². The van der Waals surface area contributed by atoms with Crippen LogP contribution in [-0.2, 0) is 6.61 Å². The van der Waals surface area contributed by atoms with Crippen LogP contribution < -0.4 is 4.74 Å². The number of hydrogen-bond acceptors (Lipinski definition) is 4. The summed E-state index contributed by atoms with van der Waals surface area (Å²) in [5.41, 5.74) is 4.90. The van der Waals surface area contributed by atoms with Gasteiger partial charge in [-0.15, -0.1) is 0 Å². The van der Waals surface area contributed by atoms with E-state index < -0.39 is 0 Å². The lowest BCUT2D eigenvalue weighted by molar-refractivity contribution is 0.104. The average molecular weight is 368 g/mol. The summed E-state index contributed by atoms with van der Waals surface area (Å²) in [6, 6.07) is 18.4. The van der Waals surface area contributed by atoms with Crippen LogP contribution in [0.1, 0.15) is 38.3 Å². The molecule has 0 N–H and O–H groups in total. The van der Waals surface area contributed by atoms with Crippen LogP contribution in [0, 0.1) is 25.2 Å². The Hall–Kier alpha value is -3.71. The van der Waals surface area contributed by atoms with Crippen molar-refractivity contribution in [1.82, 2.24) is 4.98 Å². The maximum Gasteiger partial charge on any atom is 0.185 e. The zero-order chi connectivity index (χ0) is 19.9. The number of benzene rings is 2. The second-order valence-electron chi connectivity index (χ2n) is 6.48. The minimum absolute atomic E-state index is 0.102. The normalized spacial score (nSPS) is 10.6. The fraction of sp³-hybridized carbons (Fsp3) is 0.125. The molecule has 138 valence electrons. The van der Waals surface area contributed by atoms with Gasteiger partial charge in [0, 0.05) is 11.8 Å². The quantitative estimate of drug-likeness (QED) is 0.451. The third-order valence-corrected chi connectivity index (χ3v) is 4.30. The third kappa shape index (κ3) is 4.72. The van der Waals surface area contributed by atoms with Crippen LogP contribution in [0.15, 0.2) is 66.9 Å². The van der Waals surface area contributed by atoms with E-state index in [-0.39, 0.29) is 5.78 Å². The van der Waals surface area contributed by atoms with Crippen molar-refractivity contribution in [3.63, 3.8) is 0 Å². The van der Waals surface area contributed by atoms with Gasteiger partial charge in [-0.25, -0.2) is 0 Å². The maximum atomic E-state index is 12.3. The number of ether oxygens (including phenoxy) is 1. The van der Waals surface area contributed by atoms with Crippen LogP contribution in [0.2, 0.25) is 0 Å². The highest BCUT2D eigenvalue weighted by Crippen LogP contribution is 2.26. The molecule has 0 spiro atoms. The molecule has 0 aliphatic carbocycles. The lowest BCUT2D eigenvalue weighted by atomic mass is 10.0. The Morgan fingerprint density at radius 3 is 2.43 bits per heavy atom. The van der Waals surface area contributed by atoms with Gasteiger partial charge in [0.15, 0.2) is 5.78 Å². The molecule has 3 aromatic rings. The van der Waals surface area contributed by atoms with E-state index in [2.05, 4.69) is 4.98 Å². The zero-order valence-electron chi connectivity index (χ0n) is 15.8. The molecule has 0 saturated carbocycles. The van der Waals surface area contributed by atoms with Crippen LogP contribution in [0.4, 0.5) is 0 Å². The Balaban J connectivity index is 1.71. The van der Waals surface area contributed by atoms with Gasteiger partial charge in [-0.1, -0.05) is 12.1 Å². The number of hydrogen-bond donors (Lipinski definition) is 0. The Labute approximate surface area is 164 Å². The Morgan fingerprint density at radius 1 is 1.11 bits per heavy atom. The van der Waals surface area contributed by atoms with Crippen molar-refractivity contribution in [3.8, 4) is 11.8 Å². The molecule has 1 aromatic heterocycles. The molecular weight excluding hydrogens is 348 g/mol. The number of carbonyl (C=O) groups excluding carboxylic acids is 1. The van der Waals surface area contributed by atoms with Crippen molar-refractivity contribution in [1.29, 1.82) is 5.26 Å². The first kappa shape index (κ1) is 19.1. The number of rotatable bonds is 6. The average Bonchev–Trinajstić information content (AvgIpc) is 2.72. The molecule has 1 heterocycles. The Bertz CT molecular complexity index is 1020. The number of ketones is 1. The van der Waals surface area contributed by atoms with Gasteiger partial charge >= 0.3 is 0 Å². The highest BCUT2D eigenvalue weighted by molar-refractivity contribution is 6.06. The molecule has 0 aliphatic rings. The van der Waals surface area contributed by atoms with E-state index in [0.717, 1.165) is 28.1 Å². The predicted octanol–water partition coefficient (Wildman–Crippen LogP) is 5.05. The van der Waals surface area contributed by atoms with E-state index in [1.165, 1.54) is 0 Å². The molecule has 2 aromatic carbocycles. The van der Waals surface area contributed by atoms with Crippen LogP contribution in [0.25, 0.3) is 6.08 Å². The molecule has 0 amide bonds. The fourth-order valence-corrected chi connectivity index (χ4v) is 2.91. The van der Waals surface area contributed by atoms with E-state index in [1.54, 1.807) is 42.6 Å². The van der Waals surface area contributed by atoms with E-state index in [1.807, 2.05) is 50.2 Å². The van der Waals surface area contributed by atoms with Gasteiger partial charge in [-0.2, -0.15) is 5.26 Å². The molecule has 0 aliphatic heterocycles.